The predicted octanol–water partition coefficient (Wildman–Crippen LogP) is 2.26. The lowest BCUT2D eigenvalue weighted by molar-refractivity contribution is -0.133. The number of carbonyl (C=O) groups is 3. The molecule has 0 radical (unpaired) electrons. The summed E-state index contributed by atoms with van der Waals surface area (Å²) in [5.74, 6) is -0.381. The van der Waals surface area contributed by atoms with Crippen LogP contribution in [0.1, 0.15) is 53.7 Å². The Morgan fingerprint density at radius 1 is 1.25 bits per heavy atom. The lowest BCUT2D eigenvalue weighted by Gasteiger charge is -2.44. The summed E-state index contributed by atoms with van der Waals surface area (Å²) in [6.07, 6.45) is 2.12. The lowest BCUT2D eigenvalue weighted by Crippen LogP contribution is -2.64. The van der Waals surface area contributed by atoms with Crippen LogP contribution < -0.4 is 10.1 Å². The maximum atomic E-state index is 13.5. The van der Waals surface area contributed by atoms with Crippen LogP contribution in [-0.4, -0.2) is 58.5 Å². The molecule has 0 spiro atoms. The Morgan fingerprint density at radius 2 is 1.97 bits per heavy atom. The Bertz CT molecular complexity index is 1020. The van der Waals surface area contributed by atoms with Crippen LogP contribution in [0, 0.1) is 5.92 Å². The number of nitrogens with one attached hydrogen (secondary N) is 1. The fraction of sp³-hybridized carbons (Fsp3) is 0.478. The number of nitrogens with zero attached hydrogens (tertiary/aromatic N) is 3. The monoisotopic (exact) mass is 442 g/mol. The predicted molar refractivity (Wildman–Crippen MR) is 117 cm³/mol. The molecule has 9 nitrogen and oxygen atoms in total. The molecule has 0 unspecified atom stereocenters. The fourth-order valence-corrected chi connectivity index (χ4v) is 3.89. The highest BCUT2D eigenvalue weighted by Gasteiger charge is 2.48. The zero-order valence-electron chi connectivity index (χ0n) is 19.2. The highest BCUT2D eigenvalue weighted by Crippen LogP contribution is 2.30. The molecular formula is C23H30N4O5. The van der Waals surface area contributed by atoms with Crippen molar-refractivity contribution in [3.63, 3.8) is 0 Å². The number of hydrogen-bond donors (Lipinski definition) is 1. The van der Waals surface area contributed by atoms with Gasteiger partial charge < -0.3 is 24.3 Å². The van der Waals surface area contributed by atoms with Gasteiger partial charge in [-0.15, -0.1) is 0 Å². The molecule has 3 rings (SSSR count). The molecule has 1 aliphatic heterocycles. The van der Waals surface area contributed by atoms with E-state index in [9.17, 15) is 14.4 Å². The van der Waals surface area contributed by atoms with Crippen LogP contribution in [0.4, 0.5) is 0 Å². The number of carbonyl (C=O) groups excluding carboxylic acids is 3. The minimum atomic E-state index is -1.16. The number of esters is 1. The molecule has 2 aromatic rings. The SMILES string of the molecule is COC(=O)c1ncn2c1C(=O)N(CCC(C)C)[C@](C)(C(=O)NCc1ccccc1OC)C2. The van der Waals surface area contributed by atoms with Crippen molar-refractivity contribution in [1.82, 2.24) is 19.8 Å². The number of ether oxygens (including phenoxy) is 2. The van der Waals surface area contributed by atoms with Gasteiger partial charge in [0.05, 0.1) is 27.1 Å². The first-order valence-corrected chi connectivity index (χ1v) is 10.6. The van der Waals surface area contributed by atoms with E-state index in [0.29, 0.717) is 24.6 Å². The fourth-order valence-electron chi connectivity index (χ4n) is 3.89. The third-order valence-corrected chi connectivity index (χ3v) is 5.79. The summed E-state index contributed by atoms with van der Waals surface area (Å²) in [5, 5.41) is 2.96. The number of amides is 2. The molecule has 0 saturated heterocycles. The van der Waals surface area contributed by atoms with Gasteiger partial charge in [-0.25, -0.2) is 9.78 Å². The van der Waals surface area contributed by atoms with Crippen LogP contribution in [0.5, 0.6) is 5.75 Å². The molecule has 1 aliphatic rings. The highest BCUT2D eigenvalue weighted by atomic mass is 16.5. The number of aromatic nitrogens is 2. The van der Waals surface area contributed by atoms with Gasteiger partial charge in [0.25, 0.3) is 5.91 Å². The maximum Gasteiger partial charge on any atom is 0.359 e. The summed E-state index contributed by atoms with van der Waals surface area (Å²) >= 11 is 0. The third-order valence-electron chi connectivity index (χ3n) is 5.79. The van der Waals surface area contributed by atoms with E-state index in [2.05, 4.69) is 24.1 Å². The second kappa shape index (κ2) is 9.42. The van der Waals surface area contributed by atoms with Gasteiger partial charge in [0.2, 0.25) is 5.91 Å². The van der Waals surface area contributed by atoms with E-state index in [1.54, 1.807) is 23.5 Å². The van der Waals surface area contributed by atoms with Crippen molar-refractivity contribution in [3.05, 3.63) is 47.5 Å². The first-order chi connectivity index (χ1) is 15.2. The Hall–Kier alpha value is -3.36. The van der Waals surface area contributed by atoms with Crippen LogP contribution in [0.25, 0.3) is 0 Å². The van der Waals surface area contributed by atoms with Gasteiger partial charge in [0.1, 0.15) is 17.0 Å². The standard InChI is InChI=1S/C23H30N4O5/c1-15(2)10-11-27-20(28)19-18(21(29)32-5)25-14-26(19)13-23(27,3)22(30)24-12-16-8-6-7-9-17(16)31-4/h6-9,14-15H,10-13H2,1-5H3,(H,24,30)/t23-/m0/s1. The second-order valence-electron chi connectivity index (χ2n) is 8.47. The second-order valence-corrected chi connectivity index (χ2v) is 8.47. The van der Waals surface area contributed by atoms with Crippen molar-refractivity contribution in [2.45, 2.75) is 45.8 Å². The number of benzene rings is 1. The van der Waals surface area contributed by atoms with E-state index >= 15 is 0 Å². The maximum absolute atomic E-state index is 13.5. The van der Waals surface area contributed by atoms with E-state index in [-0.39, 0.29) is 30.4 Å². The topological polar surface area (TPSA) is 103 Å². The smallest absolute Gasteiger partial charge is 0.359 e. The summed E-state index contributed by atoms with van der Waals surface area (Å²) in [7, 11) is 2.82. The van der Waals surface area contributed by atoms with Crippen molar-refractivity contribution >= 4 is 17.8 Å². The number of methoxy groups -OCH3 is 2. The van der Waals surface area contributed by atoms with Crippen LogP contribution in [0.15, 0.2) is 30.6 Å². The van der Waals surface area contributed by atoms with Crippen molar-refractivity contribution in [2.75, 3.05) is 20.8 Å². The molecule has 0 aliphatic carbocycles. The summed E-state index contributed by atoms with van der Waals surface area (Å²) in [6.45, 7) is 6.66. The van der Waals surface area contributed by atoms with E-state index in [4.69, 9.17) is 9.47 Å². The normalized spacial score (nSPS) is 17.8. The summed E-state index contributed by atoms with van der Waals surface area (Å²) < 4.78 is 11.7. The minimum absolute atomic E-state index is 0.0384. The number of imidazole rings is 1. The Morgan fingerprint density at radius 3 is 2.62 bits per heavy atom. The van der Waals surface area contributed by atoms with Gasteiger partial charge >= 0.3 is 5.97 Å². The average Bonchev–Trinajstić information content (AvgIpc) is 3.20. The van der Waals surface area contributed by atoms with Gasteiger partial charge in [-0.05, 0) is 25.3 Å². The van der Waals surface area contributed by atoms with Crippen LogP contribution in [0.2, 0.25) is 0 Å². The molecule has 172 valence electrons. The largest absolute Gasteiger partial charge is 0.496 e. The number of hydrogen-bond acceptors (Lipinski definition) is 6. The van der Waals surface area contributed by atoms with Crippen molar-refractivity contribution in [2.24, 2.45) is 5.92 Å². The van der Waals surface area contributed by atoms with E-state index in [1.807, 2.05) is 24.3 Å². The molecule has 9 heteroatoms. The van der Waals surface area contributed by atoms with Crippen molar-refractivity contribution in [1.29, 1.82) is 0 Å². The minimum Gasteiger partial charge on any atom is -0.496 e. The quantitative estimate of drug-likeness (QED) is 0.629. The third kappa shape index (κ3) is 4.32. The van der Waals surface area contributed by atoms with Gasteiger partial charge in [0, 0.05) is 18.7 Å². The molecule has 1 atom stereocenters. The molecule has 1 aromatic heterocycles. The molecular weight excluding hydrogens is 412 g/mol. The zero-order valence-corrected chi connectivity index (χ0v) is 19.2. The molecule has 32 heavy (non-hydrogen) atoms. The summed E-state index contributed by atoms with van der Waals surface area (Å²) in [5.41, 5.74) is -0.215. The Labute approximate surface area is 187 Å². The van der Waals surface area contributed by atoms with E-state index < -0.39 is 17.4 Å². The van der Waals surface area contributed by atoms with Gasteiger partial charge in [-0.3, -0.25) is 9.59 Å². The molecule has 0 bridgehead atoms. The Kier molecular flexibility index (Phi) is 6.86. The number of fused-ring (bicyclic) bond motifs is 1. The first kappa shape index (κ1) is 23.3. The number of rotatable bonds is 8. The lowest BCUT2D eigenvalue weighted by atomic mass is 9.93. The Balaban J connectivity index is 1.92. The van der Waals surface area contributed by atoms with E-state index in [0.717, 1.165) is 5.56 Å². The molecule has 0 fully saturated rings. The summed E-state index contributed by atoms with van der Waals surface area (Å²) in [6, 6.07) is 7.43. The van der Waals surface area contributed by atoms with Crippen LogP contribution >= 0.6 is 0 Å². The molecule has 2 amide bonds. The molecule has 1 aromatic carbocycles. The van der Waals surface area contributed by atoms with Crippen molar-refractivity contribution in [3.8, 4) is 5.75 Å². The van der Waals surface area contributed by atoms with Gasteiger partial charge in [0.15, 0.2) is 5.69 Å². The molecule has 2 heterocycles. The van der Waals surface area contributed by atoms with Gasteiger partial charge in [-0.2, -0.15) is 0 Å². The number of para-hydroxylation sites is 1. The molecule has 0 saturated carbocycles. The zero-order chi connectivity index (χ0) is 23.5. The van der Waals surface area contributed by atoms with Crippen LogP contribution in [-0.2, 0) is 22.6 Å². The van der Waals surface area contributed by atoms with E-state index in [1.165, 1.54) is 13.4 Å². The van der Waals surface area contributed by atoms with Gasteiger partial charge in [-0.1, -0.05) is 32.0 Å². The summed E-state index contributed by atoms with van der Waals surface area (Å²) in [4.78, 5) is 44.7. The average molecular weight is 443 g/mol. The highest BCUT2D eigenvalue weighted by molar-refractivity contribution is 6.06. The van der Waals surface area contributed by atoms with Crippen molar-refractivity contribution < 1.29 is 23.9 Å². The first-order valence-electron chi connectivity index (χ1n) is 10.6. The van der Waals surface area contributed by atoms with Crippen LogP contribution in [0.3, 0.4) is 0 Å². The molecule has 1 N–H and O–H groups in total.